The van der Waals surface area contributed by atoms with Gasteiger partial charge in [-0.2, -0.15) is 0 Å². The number of hydrogen-bond donors (Lipinski definition) is 0. The molecule has 0 aromatic carbocycles. The van der Waals surface area contributed by atoms with Crippen molar-refractivity contribution in [1.82, 2.24) is 9.80 Å². The van der Waals surface area contributed by atoms with E-state index in [0.29, 0.717) is 0 Å². The Morgan fingerprint density at radius 2 is 1.68 bits per heavy atom. The summed E-state index contributed by atoms with van der Waals surface area (Å²) in [5.41, 5.74) is 0. The van der Waals surface area contributed by atoms with Gasteiger partial charge in [-0.05, 0) is 70.6 Å². The lowest BCUT2D eigenvalue weighted by Crippen LogP contribution is -2.39. The molecule has 0 unspecified atom stereocenters. The fourth-order valence-corrected chi connectivity index (χ4v) is 3.87. The van der Waals surface area contributed by atoms with Crippen molar-refractivity contribution < 1.29 is 0 Å². The van der Waals surface area contributed by atoms with E-state index in [1.807, 2.05) is 0 Å². The molecule has 2 aliphatic rings. The van der Waals surface area contributed by atoms with Gasteiger partial charge in [-0.1, -0.05) is 26.2 Å². The summed E-state index contributed by atoms with van der Waals surface area (Å²) in [7, 11) is 2.31. The van der Waals surface area contributed by atoms with Crippen LogP contribution in [-0.2, 0) is 0 Å². The Labute approximate surface area is 120 Å². The molecule has 0 bridgehead atoms. The van der Waals surface area contributed by atoms with E-state index in [1.165, 1.54) is 84.1 Å². The first-order valence-corrected chi connectivity index (χ1v) is 8.68. The number of nitrogens with zero attached hydrogens (tertiary/aromatic N) is 2. The largest absolute Gasteiger partial charge is 0.306 e. The Hall–Kier alpha value is -0.0800. The summed E-state index contributed by atoms with van der Waals surface area (Å²) in [4.78, 5) is 5.30. The second kappa shape index (κ2) is 8.26. The fraction of sp³-hybridized carbons (Fsp3) is 1.00. The zero-order chi connectivity index (χ0) is 13.5. The van der Waals surface area contributed by atoms with Crippen molar-refractivity contribution in [2.45, 2.75) is 58.3 Å². The Morgan fingerprint density at radius 1 is 1.00 bits per heavy atom. The highest BCUT2D eigenvalue weighted by molar-refractivity contribution is 4.78. The van der Waals surface area contributed by atoms with Crippen LogP contribution in [0.5, 0.6) is 0 Å². The van der Waals surface area contributed by atoms with E-state index in [-0.39, 0.29) is 0 Å². The van der Waals surface area contributed by atoms with E-state index >= 15 is 0 Å². The van der Waals surface area contributed by atoms with Crippen LogP contribution in [0.4, 0.5) is 0 Å². The van der Waals surface area contributed by atoms with Gasteiger partial charge in [-0.25, -0.2) is 0 Å². The molecule has 0 N–H and O–H groups in total. The highest BCUT2D eigenvalue weighted by Crippen LogP contribution is 2.27. The minimum atomic E-state index is 0.960. The maximum atomic E-state index is 2.75. The topological polar surface area (TPSA) is 6.48 Å². The van der Waals surface area contributed by atoms with Gasteiger partial charge in [0.15, 0.2) is 0 Å². The number of likely N-dealkylation sites (tertiary alicyclic amines) is 1. The molecule has 0 atom stereocenters. The minimum absolute atomic E-state index is 0.960. The van der Waals surface area contributed by atoms with Crippen molar-refractivity contribution in [3.8, 4) is 0 Å². The van der Waals surface area contributed by atoms with Crippen LogP contribution in [-0.4, -0.2) is 49.6 Å². The van der Waals surface area contributed by atoms with Crippen LogP contribution in [0.15, 0.2) is 0 Å². The summed E-state index contributed by atoms with van der Waals surface area (Å²) in [6.45, 7) is 9.04. The van der Waals surface area contributed by atoms with Crippen LogP contribution in [0.2, 0.25) is 0 Å². The van der Waals surface area contributed by atoms with E-state index in [4.69, 9.17) is 0 Å². The molecule has 1 saturated heterocycles. The smallest absolute Gasteiger partial charge is 0.000966 e. The molecule has 2 heteroatoms. The lowest BCUT2D eigenvalue weighted by Gasteiger charge is -2.35. The van der Waals surface area contributed by atoms with Gasteiger partial charge in [0.1, 0.15) is 0 Å². The van der Waals surface area contributed by atoms with Gasteiger partial charge in [0, 0.05) is 13.1 Å². The molecular weight excluding hydrogens is 232 g/mol. The monoisotopic (exact) mass is 266 g/mol. The van der Waals surface area contributed by atoms with Crippen molar-refractivity contribution in [3.05, 3.63) is 0 Å². The molecule has 112 valence electrons. The summed E-state index contributed by atoms with van der Waals surface area (Å²) < 4.78 is 0. The number of piperidine rings is 1. The van der Waals surface area contributed by atoms with Gasteiger partial charge < -0.3 is 9.80 Å². The van der Waals surface area contributed by atoms with E-state index in [0.717, 1.165) is 11.8 Å². The van der Waals surface area contributed by atoms with Crippen molar-refractivity contribution in [3.63, 3.8) is 0 Å². The molecule has 2 fully saturated rings. The highest BCUT2D eigenvalue weighted by atomic mass is 15.1. The second-order valence-electron chi connectivity index (χ2n) is 7.01. The van der Waals surface area contributed by atoms with Gasteiger partial charge in [0.05, 0.1) is 0 Å². The average Bonchev–Trinajstić information content (AvgIpc) is 2.91. The van der Waals surface area contributed by atoms with E-state index in [2.05, 4.69) is 23.8 Å². The number of unbranched alkanes of at least 4 members (excludes halogenated alkanes) is 1. The number of rotatable bonds is 7. The lowest BCUT2D eigenvalue weighted by molar-refractivity contribution is 0.138. The first-order chi connectivity index (χ1) is 9.28. The zero-order valence-corrected chi connectivity index (χ0v) is 13.2. The Kier molecular flexibility index (Phi) is 6.66. The van der Waals surface area contributed by atoms with Crippen molar-refractivity contribution in [1.29, 1.82) is 0 Å². The molecule has 19 heavy (non-hydrogen) atoms. The standard InChI is InChI=1S/C17H34N2/c1-3-4-11-18(2)14-17-9-12-19(13-10-17)15-16-7-5-6-8-16/h16-17H,3-15H2,1-2H3. The lowest BCUT2D eigenvalue weighted by atomic mass is 9.95. The Balaban J connectivity index is 1.59. The highest BCUT2D eigenvalue weighted by Gasteiger charge is 2.23. The maximum absolute atomic E-state index is 2.75. The third-order valence-electron chi connectivity index (χ3n) is 5.16. The van der Waals surface area contributed by atoms with Crippen LogP contribution in [0.25, 0.3) is 0 Å². The summed E-state index contributed by atoms with van der Waals surface area (Å²) in [6, 6.07) is 0. The molecule has 0 aromatic heterocycles. The second-order valence-corrected chi connectivity index (χ2v) is 7.01. The molecule has 1 aliphatic heterocycles. The Morgan fingerprint density at radius 3 is 2.32 bits per heavy atom. The molecule has 0 radical (unpaired) electrons. The fourth-order valence-electron chi connectivity index (χ4n) is 3.87. The molecule has 2 nitrogen and oxygen atoms in total. The van der Waals surface area contributed by atoms with Crippen LogP contribution < -0.4 is 0 Å². The van der Waals surface area contributed by atoms with Gasteiger partial charge in [-0.15, -0.1) is 0 Å². The molecule has 1 saturated carbocycles. The Bertz CT molecular complexity index is 227. The van der Waals surface area contributed by atoms with E-state index < -0.39 is 0 Å². The van der Waals surface area contributed by atoms with E-state index in [1.54, 1.807) is 0 Å². The SMILES string of the molecule is CCCCN(C)CC1CCN(CC2CCCC2)CC1. The first kappa shape index (κ1) is 15.3. The van der Waals surface area contributed by atoms with Crippen LogP contribution >= 0.6 is 0 Å². The average molecular weight is 266 g/mol. The molecule has 0 aromatic rings. The predicted octanol–water partition coefficient (Wildman–Crippen LogP) is 3.62. The normalized spacial score (nSPS) is 23.5. The maximum Gasteiger partial charge on any atom is 0.000966 e. The van der Waals surface area contributed by atoms with Gasteiger partial charge in [0.25, 0.3) is 0 Å². The summed E-state index contributed by atoms with van der Waals surface area (Å²) in [6.07, 6.45) is 11.5. The quantitative estimate of drug-likeness (QED) is 0.694. The summed E-state index contributed by atoms with van der Waals surface area (Å²) >= 11 is 0. The molecule has 0 spiro atoms. The molecule has 1 aliphatic carbocycles. The molecule has 0 amide bonds. The predicted molar refractivity (Wildman–Crippen MR) is 83.5 cm³/mol. The van der Waals surface area contributed by atoms with Crippen LogP contribution in [0.3, 0.4) is 0 Å². The van der Waals surface area contributed by atoms with Crippen molar-refractivity contribution >= 4 is 0 Å². The summed E-state index contributed by atoms with van der Waals surface area (Å²) in [5, 5.41) is 0. The first-order valence-electron chi connectivity index (χ1n) is 8.68. The third kappa shape index (κ3) is 5.43. The van der Waals surface area contributed by atoms with Gasteiger partial charge >= 0.3 is 0 Å². The minimum Gasteiger partial charge on any atom is -0.306 e. The molecular formula is C17H34N2. The van der Waals surface area contributed by atoms with Crippen molar-refractivity contribution in [2.24, 2.45) is 11.8 Å². The van der Waals surface area contributed by atoms with Gasteiger partial charge in [0.2, 0.25) is 0 Å². The van der Waals surface area contributed by atoms with Gasteiger partial charge in [-0.3, -0.25) is 0 Å². The van der Waals surface area contributed by atoms with Crippen LogP contribution in [0, 0.1) is 11.8 Å². The molecule has 2 rings (SSSR count). The van der Waals surface area contributed by atoms with E-state index in [9.17, 15) is 0 Å². The van der Waals surface area contributed by atoms with Crippen molar-refractivity contribution in [2.75, 3.05) is 39.8 Å². The van der Waals surface area contributed by atoms with Crippen LogP contribution in [0.1, 0.15) is 58.3 Å². The number of hydrogen-bond acceptors (Lipinski definition) is 2. The molecule has 1 heterocycles. The third-order valence-corrected chi connectivity index (χ3v) is 5.16. The zero-order valence-electron chi connectivity index (χ0n) is 13.2. The summed E-state index contributed by atoms with van der Waals surface area (Å²) in [5.74, 6) is 1.99.